The molecule has 2 aromatic carbocycles. The molecule has 0 spiro atoms. The Kier molecular flexibility index (Phi) is 5.00. The maximum Gasteiger partial charge on any atom is 0.323 e. The first kappa shape index (κ1) is 18.4. The summed E-state index contributed by atoms with van der Waals surface area (Å²) in [6, 6.07) is 9.14. The summed E-state index contributed by atoms with van der Waals surface area (Å²) >= 11 is 0. The summed E-state index contributed by atoms with van der Waals surface area (Å²) in [5.41, 5.74) is 1.88. The lowest BCUT2D eigenvalue weighted by atomic mass is 10.1. The van der Waals surface area contributed by atoms with Crippen LogP contribution >= 0.6 is 0 Å². The highest BCUT2D eigenvalue weighted by atomic mass is 16.5. The van der Waals surface area contributed by atoms with Crippen molar-refractivity contribution in [3.63, 3.8) is 0 Å². The average Bonchev–Trinajstić information content (AvgIpc) is 3.13. The molecule has 148 valence electrons. The number of carbonyl (C=O) groups is 1. The number of nitrogens with zero attached hydrogens (tertiary/aromatic N) is 1. The zero-order valence-electron chi connectivity index (χ0n) is 16.2. The summed E-state index contributed by atoms with van der Waals surface area (Å²) in [6.07, 6.45) is 0.674. The van der Waals surface area contributed by atoms with Gasteiger partial charge in [0.1, 0.15) is 23.3 Å². The first-order valence-corrected chi connectivity index (χ1v) is 9.13. The second-order valence-electron chi connectivity index (χ2n) is 6.77. The van der Waals surface area contributed by atoms with Gasteiger partial charge in [0.2, 0.25) is 0 Å². The molecular formula is C21H23NO6. The molecule has 0 amide bonds. The largest absolute Gasteiger partial charge is 0.497 e. The number of hydrogen-bond donors (Lipinski definition) is 0. The molecule has 1 atom stereocenters. The van der Waals surface area contributed by atoms with Crippen LogP contribution in [0.1, 0.15) is 17.5 Å². The number of ether oxygens (including phenoxy) is 5. The number of methoxy groups -OCH3 is 3. The molecule has 0 saturated carbocycles. The molecule has 2 aliphatic heterocycles. The van der Waals surface area contributed by atoms with Gasteiger partial charge >= 0.3 is 5.97 Å². The normalized spacial score (nSPS) is 18.8. The Morgan fingerprint density at radius 3 is 2.32 bits per heavy atom. The number of fused-ring (bicyclic) bond motifs is 2. The van der Waals surface area contributed by atoms with Gasteiger partial charge in [0.05, 0.1) is 27.9 Å². The Morgan fingerprint density at radius 1 is 0.929 bits per heavy atom. The number of esters is 1. The van der Waals surface area contributed by atoms with E-state index in [1.165, 1.54) is 0 Å². The van der Waals surface area contributed by atoms with E-state index < -0.39 is 0 Å². The van der Waals surface area contributed by atoms with Crippen molar-refractivity contribution in [3.05, 3.63) is 41.5 Å². The monoisotopic (exact) mass is 385 g/mol. The molecule has 1 saturated heterocycles. The van der Waals surface area contributed by atoms with E-state index in [1.54, 1.807) is 21.3 Å². The first-order chi connectivity index (χ1) is 13.6. The zero-order chi connectivity index (χ0) is 19.7. The maximum atomic E-state index is 12.3. The Balaban J connectivity index is 1.82. The van der Waals surface area contributed by atoms with E-state index in [0.29, 0.717) is 54.9 Å². The van der Waals surface area contributed by atoms with Crippen LogP contribution in [0, 0.1) is 0 Å². The van der Waals surface area contributed by atoms with Crippen molar-refractivity contribution in [2.75, 3.05) is 27.9 Å². The lowest BCUT2D eigenvalue weighted by Crippen LogP contribution is -2.38. The fraction of sp³-hybridized carbons (Fsp3) is 0.381. The summed E-state index contributed by atoms with van der Waals surface area (Å²) in [4.78, 5) is 14.4. The molecule has 2 aromatic rings. The third-order valence-corrected chi connectivity index (χ3v) is 5.16. The number of hydrogen-bond acceptors (Lipinski definition) is 7. The third-order valence-electron chi connectivity index (χ3n) is 5.16. The molecule has 0 aromatic heterocycles. The Morgan fingerprint density at radius 2 is 1.64 bits per heavy atom. The predicted molar refractivity (Wildman–Crippen MR) is 101 cm³/mol. The number of carbonyl (C=O) groups excluding carboxylic acids is 1. The number of benzene rings is 2. The molecule has 1 fully saturated rings. The topological polar surface area (TPSA) is 66.5 Å². The Hall–Kier alpha value is -2.93. The average molecular weight is 385 g/mol. The fourth-order valence-electron chi connectivity index (χ4n) is 3.66. The van der Waals surface area contributed by atoms with Gasteiger partial charge in [0.25, 0.3) is 0 Å². The molecule has 0 aliphatic carbocycles. The van der Waals surface area contributed by atoms with Crippen molar-refractivity contribution in [2.24, 2.45) is 0 Å². The molecule has 7 nitrogen and oxygen atoms in total. The van der Waals surface area contributed by atoms with Crippen molar-refractivity contribution in [1.82, 2.24) is 4.90 Å². The standard InChI is InChI=1S/C21H23NO6/c1-24-15-5-4-13-11-22(16-6-7-27-21(16)23)12-14-8-19(25-2)20(26-3)10-18(14)28-17(13)9-15/h4-5,8-10,16H,6-7,11-12H2,1-3H3. The van der Waals surface area contributed by atoms with Crippen molar-refractivity contribution in [2.45, 2.75) is 25.6 Å². The van der Waals surface area contributed by atoms with Gasteiger partial charge in [0.15, 0.2) is 11.5 Å². The zero-order valence-corrected chi connectivity index (χ0v) is 16.2. The smallest absolute Gasteiger partial charge is 0.323 e. The van der Waals surface area contributed by atoms with E-state index in [1.807, 2.05) is 30.3 Å². The number of rotatable bonds is 4. The van der Waals surface area contributed by atoms with Crippen LogP contribution in [0.4, 0.5) is 0 Å². The predicted octanol–water partition coefficient (Wildman–Crippen LogP) is 3.14. The van der Waals surface area contributed by atoms with E-state index in [2.05, 4.69) is 4.90 Å². The Labute approximate surface area is 163 Å². The molecular weight excluding hydrogens is 362 g/mol. The van der Waals surface area contributed by atoms with Crippen LogP contribution in [0.25, 0.3) is 0 Å². The molecule has 2 aliphatic rings. The minimum Gasteiger partial charge on any atom is -0.497 e. The van der Waals surface area contributed by atoms with Gasteiger partial charge in [-0.1, -0.05) is 6.07 Å². The number of cyclic esters (lactones) is 1. The van der Waals surface area contributed by atoms with E-state index in [4.69, 9.17) is 23.7 Å². The summed E-state index contributed by atoms with van der Waals surface area (Å²) in [5, 5.41) is 0. The molecule has 1 unspecified atom stereocenters. The van der Waals surface area contributed by atoms with E-state index >= 15 is 0 Å². The minimum atomic E-state index is -0.283. The van der Waals surface area contributed by atoms with Crippen LogP contribution in [-0.4, -0.2) is 44.8 Å². The first-order valence-electron chi connectivity index (χ1n) is 9.13. The highest BCUT2D eigenvalue weighted by molar-refractivity contribution is 5.77. The summed E-state index contributed by atoms with van der Waals surface area (Å²) in [6.45, 7) is 1.54. The lowest BCUT2D eigenvalue weighted by Gasteiger charge is -2.30. The van der Waals surface area contributed by atoms with E-state index in [9.17, 15) is 4.79 Å². The van der Waals surface area contributed by atoms with Crippen molar-refractivity contribution < 1.29 is 28.5 Å². The summed E-state index contributed by atoms with van der Waals surface area (Å²) < 4.78 is 27.7. The molecule has 0 N–H and O–H groups in total. The van der Waals surface area contributed by atoms with Crippen LogP contribution in [0.15, 0.2) is 30.3 Å². The highest BCUT2D eigenvalue weighted by Crippen LogP contribution is 2.41. The van der Waals surface area contributed by atoms with Crippen LogP contribution in [0.5, 0.6) is 28.7 Å². The van der Waals surface area contributed by atoms with Gasteiger partial charge < -0.3 is 23.7 Å². The van der Waals surface area contributed by atoms with Gasteiger partial charge in [-0.15, -0.1) is 0 Å². The van der Waals surface area contributed by atoms with Crippen LogP contribution in [-0.2, 0) is 22.6 Å². The van der Waals surface area contributed by atoms with Gasteiger partial charge in [-0.25, -0.2) is 0 Å². The van der Waals surface area contributed by atoms with Crippen LogP contribution < -0.4 is 18.9 Å². The van der Waals surface area contributed by atoms with Crippen LogP contribution in [0.3, 0.4) is 0 Å². The maximum absolute atomic E-state index is 12.3. The van der Waals surface area contributed by atoms with Gasteiger partial charge in [0, 0.05) is 42.8 Å². The molecule has 28 heavy (non-hydrogen) atoms. The van der Waals surface area contributed by atoms with E-state index in [-0.39, 0.29) is 12.0 Å². The van der Waals surface area contributed by atoms with Crippen molar-refractivity contribution in [1.29, 1.82) is 0 Å². The molecule has 0 radical (unpaired) electrons. The molecule has 4 rings (SSSR count). The van der Waals surface area contributed by atoms with E-state index in [0.717, 1.165) is 11.1 Å². The SMILES string of the molecule is COc1ccc2c(c1)Oc1cc(OC)c(OC)cc1CN(C1CCOC1=O)C2. The fourth-order valence-corrected chi connectivity index (χ4v) is 3.66. The summed E-state index contributed by atoms with van der Waals surface area (Å²) in [5.74, 6) is 3.06. The second-order valence-corrected chi connectivity index (χ2v) is 6.77. The summed E-state index contributed by atoms with van der Waals surface area (Å²) in [7, 11) is 4.80. The quantitative estimate of drug-likeness (QED) is 0.749. The molecule has 2 heterocycles. The van der Waals surface area contributed by atoms with Gasteiger partial charge in [-0.2, -0.15) is 0 Å². The Bertz CT molecular complexity index is 897. The minimum absolute atomic E-state index is 0.182. The molecule has 7 heteroatoms. The van der Waals surface area contributed by atoms with Crippen LogP contribution in [0.2, 0.25) is 0 Å². The van der Waals surface area contributed by atoms with Gasteiger partial charge in [-0.05, 0) is 12.1 Å². The highest BCUT2D eigenvalue weighted by Gasteiger charge is 2.34. The van der Waals surface area contributed by atoms with Crippen molar-refractivity contribution >= 4 is 5.97 Å². The lowest BCUT2D eigenvalue weighted by molar-refractivity contribution is -0.142. The molecule has 0 bridgehead atoms. The third kappa shape index (κ3) is 3.33. The van der Waals surface area contributed by atoms with Gasteiger partial charge in [-0.3, -0.25) is 9.69 Å². The van der Waals surface area contributed by atoms with Crippen molar-refractivity contribution in [3.8, 4) is 28.7 Å². The second kappa shape index (κ2) is 7.59.